The standard InChI is InChI=1S/C18H18ClFN2/c1-13-4-6-15(11-16(13)19)21-12-14-5-7-18(17(20)10-14)22-8-2-3-9-22/h4-7,10-12H,2-3,8-9H2,1H3. The van der Waals surface area contributed by atoms with Crippen molar-refractivity contribution in [2.24, 2.45) is 4.99 Å². The summed E-state index contributed by atoms with van der Waals surface area (Å²) in [5.41, 5.74) is 3.21. The molecule has 0 amide bonds. The van der Waals surface area contributed by atoms with E-state index >= 15 is 0 Å². The second kappa shape index (κ2) is 6.49. The van der Waals surface area contributed by atoms with Crippen LogP contribution in [-0.2, 0) is 0 Å². The smallest absolute Gasteiger partial charge is 0.147 e. The summed E-state index contributed by atoms with van der Waals surface area (Å²) in [6.45, 7) is 3.82. The van der Waals surface area contributed by atoms with Crippen LogP contribution in [0.15, 0.2) is 41.4 Å². The molecule has 2 nitrogen and oxygen atoms in total. The van der Waals surface area contributed by atoms with Crippen molar-refractivity contribution in [1.29, 1.82) is 0 Å². The molecule has 114 valence electrons. The van der Waals surface area contributed by atoms with Gasteiger partial charge in [-0.2, -0.15) is 0 Å². The molecule has 3 rings (SSSR count). The number of benzene rings is 2. The van der Waals surface area contributed by atoms with E-state index < -0.39 is 0 Å². The third-order valence-corrected chi connectivity index (χ3v) is 4.34. The van der Waals surface area contributed by atoms with Crippen molar-refractivity contribution in [2.45, 2.75) is 19.8 Å². The Morgan fingerprint density at radius 1 is 1.14 bits per heavy atom. The van der Waals surface area contributed by atoms with E-state index in [9.17, 15) is 4.39 Å². The summed E-state index contributed by atoms with van der Waals surface area (Å²) >= 11 is 6.07. The number of anilines is 1. The lowest BCUT2D eigenvalue weighted by Crippen LogP contribution is -2.18. The molecule has 0 N–H and O–H groups in total. The molecule has 0 radical (unpaired) electrons. The lowest BCUT2D eigenvalue weighted by Gasteiger charge is -2.18. The first-order valence-electron chi connectivity index (χ1n) is 7.48. The Morgan fingerprint density at radius 2 is 1.91 bits per heavy atom. The van der Waals surface area contributed by atoms with Crippen LogP contribution in [-0.4, -0.2) is 19.3 Å². The monoisotopic (exact) mass is 316 g/mol. The Bertz CT molecular complexity index is 706. The van der Waals surface area contributed by atoms with Crippen molar-refractivity contribution in [1.82, 2.24) is 0 Å². The molecule has 0 bridgehead atoms. The minimum Gasteiger partial charge on any atom is -0.369 e. The lowest BCUT2D eigenvalue weighted by atomic mass is 10.2. The Labute approximate surface area is 135 Å². The number of aryl methyl sites for hydroxylation is 1. The van der Waals surface area contributed by atoms with Crippen molar-refractivity contribution in [3.05, 3.63) is 58.4 Å². The third-order valence-electron chi connectivity index (χ3n) is 3.94. The van der Waals surface area contributed by atoms with Gasteiger partial charge >= 0.3 is 0 Å². The summed E-state index contributed by atoms with van der Waals surface area (Å²) in [5.74, 6) is -0.187. The van der Waals surface area contributed by atoms with Gasteiger partial charge in [0.2, 0.25) is 0 Å². The normalized spacial score (nSPS) is 15.0. The average Bonchev–Trinajstić information content (AvgIpc) is 3.02. The quantitative estimate of drug-likeness (QED) is 0.716. The van der Waals surface area contributed by atoms with Crippen LogP contribution in [0.3, 0.4) is 0 Å². The van der Waals surface area contributed by atoms with Crippen LogP contribution in [0.5, 0.6) is 0 Å². The van der Waals surface area contributed by atoms with Gasteiger partial charge in [0.15, 0.2) is 0 Å². The van der Waals surface area contributed by atoms with E-state index in [0.29, 0.717) is 10.7 Å². The van der Waals surface area contributed by atoms with Gasteiger partial charge in [0.1, 0.15) is 5.82 Å². The number of halogens is 2. The highest BCUT2D eigenvalue weighted by atomic mass is 35.5. The van der Waals surface area contributed by atoms with Gasteiger partial charge in [-0.05, 0) is 55.2 Å². The summed E-state index contributed by atoms with van der Waals surface area (Å²) in [4.78, 5) is 6.45. The van der Waals surface area contributed by atoms with Crippen molar-refractivity contribution in [2.75, 3.05) is 18.0 Å². The van der Waals surface area contributed by atoms with Gasteiger partial charge < -0.3 is 4.90 Å². The van der Waals surface area contributed by atoms with E-state index in [1.165, 1.54) is 6.07 Å². The summed E-state index contributed by atoms with van der Waals surface area (Å²) in [6.07, 6.45) is 3.94. The lowest BCUT2D eigenvalue weighted by molar-refractivity contribution is 0.623. The van der Waals surface area contributed by atoms with E-state index in [-0.39, 0.29) is 5.82 Å². The highest BCUT2D eigenvalue weighted by Gasteiger charge is 2.15. The van der Waals surface area contributed by atoms with E-state index in [2.05, 4.69) is 9.89 Å². The van der Waals surface area contributed by atoms with Crippen molar-refractivity contribution in [3.8, 4) is 0 Å². The summed E-state index contributed by atoms with van der Waals surface area (Å²) in [7, 11) is 0. The second-order valence-electron chi connectivity index (χ2n) is 5.60. The molecule has 0 saturated carbocycles. The average molecular weight is 317 g/mol. The van der Waals surface area contributed by atoms with Crippen LogP contribution in [0.1, 0.15) is 24.0 Å². The van der Waals surface area contributed by atoms with Crippen molar-refractivity contribution in [3.63, 3.8) is 0 Å². The fraction of sp³-hybridized carbons (Fsp3) is 0.278. The van der Waals surface area contributed by atoms with E-state index in [4.69, 9.17) is 11.6 Å². The second-order valence-corrected chi connectivity index (χ2v) is 6.00. The summed E-state index contributed by atoms with van der Waals surface area (Å²) < 4.78 is 14.2. The molecule has 22 heavy (non-hydrogen) atoms. The van der Waals surface area contributed by atoms with Gasteiger partial charge in [-0.15, -0.1) is 0 Å². The van der Waals surface area contributed by atoms with Crippen molar-refractivity contribution >= 4 is 29.2 Å². The number of nitrogens with zero attached hydrogens (tertiary/aromatic N) is 2. The van der Waals surface area contributed by atoms with E-state index in [1.807, 2.05) is 37.3 Å². The van der Waals surface area contributed by atoms with Gasteiger partial charge in [-0.25, -0.2) is 4.39 Å². The van der Waals surface area contributed by atoms with Crippen molar-refractivity contribution < 1.29 is 4.39 Å². The first kappa shape index (κ1) is 15.0. The molecule has 1 aliphatic rings. The molecule has 1 aliphatic heterocycles. The zero-order valence-corrected chi connectivity index (χ0v) is 13.3. The van der Waals surface area contributed by atoms with E-state index in [0.717, 1.165) is 42.7 Å². The van der Waals surface area contributed by atoms with Crippen LogP contribution >= 0.6 is 11.6 Å². The molecule has 1 heterocycles. The number of aliphatic imine (C=N–C) groups is 1. The zero-order chi connectivity index (χ0) is 15.5. The first-order valence-corrected chi connectivity index (χ1v) is 7.86. The highest BCUT2D eigenvalue weighted by molar-refractivity contribution is 6.31. The van der Waals surface area contributed by atoms with Gasteiger partial charge in [0.25, 0.3) is 0 Å². The van der Waals surface area contributed by atoms with Crippen LogP contribution in [0, 0.1) is 12.7 Å². The molecular formula is C18H18ClFN2. The Kier molecular flexibility index (Phi) is 4.44. The zero-order valence-electron chi connectivity index (χ0n) is 12.5. The summed E-state index contributed by atoms with van der Waals surface area (Å²) in [6, 6.07) is 10.9. The third kappa shape index (κ3) is 3.30. The van der Waals surface area contributed by atoms with Gasteiger partial charge in [-0.1, -0.05) is 23.7 Å². The maximum Gasteiger partial charge on any atom is 0.147 e. The molecule has 2 aromatic rings. The molecule has 4 heteroatoms. The summed E-state index contributed by atoms with van der Waals surface area (Å²) in [5, 5.41) is 0.685. The predicted molar refractivity (Wildman–Crippen MR) is 91.3 cm³/mol. The van der Waals surface area contributed by atoms with Crippen LogP contribution < -0.4 is 4.90 Å². The molecule has 2 aromatic carbocycles. The molecular weight excluding hydrogens is 299 g/mol. The SMILES string of the molecule is Cc1ccc(N=Cc2ccc(N3CCCC3)c(F)c2)cc1Cl. The Hall–Kier alpha value is -1.87. The number of hydrogen-bond donors (Lipinski definition) is 0. The largest absolute Gasteiger partial charge is 0.369 e. The highest BCUT2D eigenvalue weighted by Crippen LogP contribution is 2.25. The molecule has 0 unspecified atom stereocenters. The van der Waals surface area contributed by atoms with Gasteiger partial charge in [-0.3, -0.25) is 4.99 Å². The predicted octanol–water partition coefficient (Wildman–Crippen LogP) is 5.14. The Balaban J connectivity index is 1.78. The molecule has 0 aromatic heterocycles. The molecule has 0 spiro atoms. The minimum atomic E-state index is -0.187. The van der Waals surface area contributed by atoms with Gasteiger partial charge in [0, 0.05) is 24.3 Å². The van der Waals surface area contributed by atoms with Crippen LogP contribution in [0.25, 0.3) is 0 Å². The van der Waals surface area contributed by atoms with Crippen LogP contribution in [0.2, 0.25) is 5.02 Å². The first-order chi connectivity index (χ1) is 10.6. The van der Waals surface area contributed by atoms with Gasteiger partial charge in [0.05, 0.1) is 11.4 Å². The molecule has 0 atom stereocenters. The fourth-order valence-corrected chi connectivity index (χ4v) is 2.80. The maximum atomic E-state index is 14.2. The molecule has 1 fully saturated rings. The number of rotatable bonds is 3. The number of hydrogen-bond acceptors (Lipinski definition) is 2. The molecule has 1 saturated heterocycles. The fourth-order valence-electron chi connectivity index (χ4n) is 2.63. The molecule has 0 aliphatic carbocycles. The minimum absolute atomic E-state index is 0.187. The maximum absolute atomic E-state index is 14.2. The van der Waals surface area contributed by atoms with Crippen LogP contribution in [0.4, 0.5) is 15.8 Å². The Morgan fingerprint density at radius 3 is 2.59 bits per heavy atom. The topological polar surface area (TPSA) is 15.6 Å². The van der Waals surface area contributed by atoms with E-state index in [1.54, 1.807) is 6.21 Å².